The molecule has 1 aromatic heterocycles. The van der Waals surface area contributed by atoms with Crippen LogP contribution in [0.5, 0.6) is 0 Å². The van der Waals surface area contributed by atoms with Gasteiger partial charge < -0.3 is 15.1 Å². The number of piperazine rings is 1. The van der Waals surface area contributed by atoms with Crippen LogP contribution in [-0.4, -0.2) is 48.6 Å². The van der Waals surface area contributed by atoms with E-state index in [2.05, 4.69) is 44.5 Å². The van der Waals surface area contributed by atoms with Gasteiger partial charge in [0, 0.05) is 12.4 Å². The van der Waals surface area contributed by atoms with Crippen molar-refractivity contribution in [2.45, 2.75) is 25.3 Å². The molecule has 1 aromatic carbocycles. The minimum Gasteiger partial charge on any atom is -0.344 e. The van der Waals surface area contributed by atoms with Gasteiger partial charge >= 0.3 is 0 Å². The first-order valence-electron chi connectivity index (χ1n) is 9.52. The number of benzene rings is 1. The quantitative estimate of drug-likeness (QED) is 0.835. The molecule has 2 N–H and O–H groups in total. The van der Waals surface area contributed by atoms with E-state index in [1.807, 2.05) is 6.07 Å². The Balaban J connectivity index is 1.29. The van der Waals surface area contributed by atoms with Crippen LogP contribution in [0.15, 0.2) is 42.7 Å². The first-order valence-corrected chi connectivity index (χ1v) is 9.52. The summed E-state index contributed by atoms with van der Waals surface area (Å²) in [6.45, 7) is 4.19. The van der Waals surface area contributed by atoms with Gasteiger partial charge in [-0.25, -0.2) is 9.97 Å². The van der Waals surface area contributed by atoms with Crippen LogP contribution in [0.4, 0.5) is 5.95 Å². The van der Waals surface area contributed by atoms with Crippen molar-refractivity contribution in [2.75, 3.05) is 37.6 Å². The summed E-state index contributed by atoms with van der Waals surface area (Å²) in [6, 6.07) is 10.5. The number of hydrogen-bond acceptors (Lipinski definition) is 4. The second-order valence-corrected chi connectivity index (χ2v) is 7.17. The molecule has 0 saturated carbocycles. The molecule has 26 heavy (non-hydrogen) atoms. The molecule has 1 saturated heterocycles. The summed E-state index contributed by atoms with van der Waals surface area (Å²) in [5, 5.41) is 3.27. The number of nitrogens with zero attached hydrogens (tertiary/aromatic N) is 3. The molecule has 0 radical (unpaired) electrons. The lowest BCUT2D eigenvalue weighted by atomic mass is 9.88. The van der Waals surface area contributed by atoms with Crippen molar-refractivity contribution in [3.63, 3.8) is 0 Å². The summed E-state index contributed by atoms with van der Waals surface area (Å²) in [5.74, 6) is 0.945. The van der Waals surface area contributed by atoms with Crippen molar-refractivity contribution in [1.82, 2.24) is 15.3 Å². The Labute approximate surface area is 154 Å². The van der Waals surface area contributed by atoms with Crippen molar-refractivity contribution in [2.24, 2.45) is 0 Å². The molecule has 6 heteroatoms. The number of aromatic nitrogens is 2. The third-order valence-electron chi connectivity index (χ3n) is 5.42. The number of aryl methyl sites for hydroxylation is 1. The van der Waals surface area contributed by atoms with Crippen molar-refractivity contribution in [3.8, 4) is 0 Å². The van der Waals surface area contributed by atoms with E-state index >= 15 is 0 Å². The van der Waals surface area contributed by atoms with Crippen LogP contribution >= 0.6 is 0 Å². The topological polar surface area (TPSA) is 62.6 Å². The summed E-state index contributed by atoms with van der Waals surface area (Å²) >= 11 is 0. The maximum absolute atomic E-state index is 12.6. The zero-order valence-electron chi connectivity index (χ0n) is 15.0. The van der Waals surface area contributed by atoms with Crippen molar-refractivity contribution in [1.29, 1.82) is 0 Å². The van der Waals surface area contributed by atoms with Crippen LogP contribution < -0.4 is 15.1 Å². The summed E-state index contributed by atoms with van der Waals surface area (Å²) < 4.78 is 0. The number of carbonyl (C=O) groups excluding carboxylic acids is 1. The van der Waals surface area contributed by atoms with Gasteiger partial charge in [0.25, 0.3) is 5.91 Å². The highest BCUT2D eigenvalue weighted by Gasteiger charge is 2.26. The van der Waals surface area contributed by atoms with Gasteiger partial charge in [-0.15, -0.1) is 0 Å². The average molecular weight is 352 g/mol. The van der Waals surface area contributed by atoms with Gasteiger partial charge in [-0.05, 0) is 36.5 Å². The number of carbonyl (C=O) groups is 1. The number of nitrogens with one attached hydrogen (secondary N) is 2. The van der Waals surface area contributed by atoms with Crippen LogP contribution in [0.2, 0.25) is 0 Å². The fraction of sp³-hybridized carbons (Fsp3) is 0.450. The Bertz CT molecular complexity index is 743. The minimum absolute atomic E-state index is 0.158. The Morgan fingerprint density at radius 1 is 1.15 bits per heavy atom. The summed E-state index contributed by atoms with van der Waals surface area (Å²) in [6.07, 6.45) is 6.85. The normalized spacial score (nSPS) is 20.5. The molecule has 136 valence electrons. The predicted octanol–water partition coefficient (Wildman–Crippen LogP) is 0.375. The van der Waals surface area contributed by atoms with Gasteiger partial charge in [0.15, 0.2) is 6.54 Å². The molecule has 2 heterocycles. The minimum atomic E-state index is 0.158. The van der Waals surface area contributed by atoms with E-state index < -0.39 is 0 Å². The Hall–Kier alpha value is -2.47. The van der Waals surface area contributed by atoms with Crippen LogP contribution in [0.25, 0.3) is 0 Å². The van der Waals surface area contributed by atoms with Crippen LogP contribution in [0, 0.1) is 0 Å². The van der Waals surface area contributed by atoms with Gasteiger partial charge in [0.2, 0.25) is 5.95 Å². The largest absolute Gasteiger partial charge is 0.344 e. The standard InChI is InChI=1S/C20H25N5O/c26-19(23-18-8-3-6-16-5-1-2-7-17(16)18)15-24-11-13-25(14-12-24)20-21-9-4-10-22-20/h1-2,4-5,7,9-10,18H,3,6,8,11-15H2,(H,23,26)/p+1/t18-/m0/s1. The van der Waals surface area contributed by atoms with E-state index in [1.165, 1.54) is 16.0 Å². The molecule has 1 atom stereocenters. The van der Waals surface area contributed by atoms with E-state index in [1.54, 1.807) is 12.4 Å². The van der Waals surface area contributed by atoms with Gasteiger partial charge in [0.1, 0.15) is 0 Å². The molecule has 1 aliphatic heterocycles. The van der Waals surface area contributed by atoms with E-state index in [0.717, 1.165) is 51.4 Å². The molecule has 6 nitrogen and oxygen atoms in total. The summed E-state index contributed by atoms with van der Waals surface area (Å²) in [4.78, 5) is 24.7. The number of amides is 1. The lowest BCUT2D eigenvalue weighted by Gasteiger charge is -2.32. The van der Waals surface area contributed by atoms with E-state index in [4.69, 9.17) is 0 Å². The molecule has 1 amide bonds. The maximum Gasteiger partial charge on any atom is 0.275 e. The number of fused-ring (bicyclic) bond motifs is 1. The molecule has 1 aliphatic carbocycles. The highest BCUT2D eigenvalue weighted by atomic mass is 16.2. The molecule has 4 rings (SSSR count). The monoisotopic (exact) mass is 352 g/mol. The third-order valence-corrected chi connectivity index (χ3v) is 5.42. The smallest absolute Gasteiger partial charge is 0.275 e. The molecule has 1 fully saturated rings. The van der Waals surface area contributed by atoms with Crippen LogP contribution in [-0.2, 0) is 11.2 Å². The van der Waals surface area contributed by atoms with Crippen molar-refractivity contribution >= 4 is 11.9 Å². The highest BCUT2D eigenvalue weighted by Crippen LogP contribution is 2.29. The average Bonchev–Trinajstić information content (AvgIpc) is 2.69. The summed E-state index contributed by atoms with van der Waals surface area (Å²) in [7, 11) is 0. The SMILES string of the molecule is O=C(C[NH+]1CCN(c2ncccn2)CC1)N[C@H]1CCCc2ccccc21. The Kier molecular flexibility index (Phi) is 5.11. The Morgan fingerprint density at radius 3 is 2.73 bits per heavy atom. The molecule has 2 aliphatic rings. The second kappa shape index (κ2) is 7.83. The number of anilines is 1. The highest BCUT2D eigenvalue weighted by molar-refractivity contribution is 5.77. The predicted molar refractivity (Wildman–Crippen MR) is 100 cm³/mol. The van der Waals surface area contributed by atoms with Gasteiger partial charge in [-0.2, -0.15) is 0 Å². The zero-order valence-corrected chi connectivity index (χ0v) is 15.0. The molecular formula is C20H26N5O+. The van der Waals surface area contributed by atoms with Gasteiger partial charge in [-0.3, -0.25) is 4.79 Å². The number of rotatable bonds is 4. The number of hydrogen-bond donors (Lipinski definition) is 2. The fourth-order valence-corrected chi connectivity index (χ4v) is 4.03. The first kappa shape index (κ1) is 17.0. The first-order chi connectivity index (χ1) is 12.8. The van der Waals surface area contributed by atoms with Crippen LogP contribution in [0.1, 0.15) is 30.0 Å². The maximum atomic E-state index is 12.6. The molecule has 2 aromatic rings. The second-order valence-electron chi connectivity index (χ2n) is 7.17. The third kappa shape index (κ3) is 3.85. The summed E-state index contributed by atoms with van der Waals surface area (Å²) in [5.41, 5.74) is 2.68. The fourth-order valence-electron chi connectivity index (χ4n) is 4.03. The van der Waals surface area contributed by atoms with Crippen molar-refractivity contribution < 1.29 is 9.69 Å². The zero-order chi connectivity index (χ0) is 17.8. The lowest BCUT2D eigenvalue weighted by Crippen LogP contribution is -3.16. The van der Waals surface area contributed by atoms with Gasteiger partial charge in [0.05, 0.1) is 32.2 Å². The van der Waals surface area contributed by atoms with Crippen molar-refractivity contribution in [3.05, 3.63) is 53.9 Å². The van der Waals surface area contributed by atoms with E-state index in [9.17, 15) is 4.79 Å². The van der Waals surface area contributed by atoms with E-state index in [-0.39, 0.29) is 11.9 Å². The number of quaternary nitrogens is 1. The molecule has 0 unspecified atom stereocenters. The molecule has 0 bridgehead atoms. The lowest BCUT2D eigenvalue weighted by molar-refractivity contribution is -0.892. The molecular weight excluding hydrogens is 326 g/mol. The molecule has 0 spiro atoms. The Morgan fingerprint density at radius 2 is 1.92 bits per heavy atom. The van der Waals surface area contributed by atoms with Gasteiger partial charge in [-0.1, -0.05) is 24.3 Å². The van der Waals surface area contributed by atoms with Crippen LogP contribution in [0.3, 0.4) is 0 Å². The van der Waals surface area contributed by atoms with E-state index in [0.29, 0.717) is 6.54 Å².